The van der Waals surface area contributed by atoms with Gasteiger partial charge in [-0.25, -0.2) is 0 Å². The zero-order chi connectivity index (χ0) is 21.1. The maximum atomic E-state index is 12.7. The highest BCUT2D eigenvalue weighted by atomic mass is 35.5. The lowest BCUT2D eigenvalue weighted by atomic mass is 10.1. The van der Waals surface area contributed by atoms with Crippen LogP contribution in [0, 0.1) is 6.92 Å². The van der Waals surface area contributed by atoms with Gasteiger partial charge >= 0.3 is 0 Å². The predicted molar refractivity (Wildman–Crippen MR) is 130 cm³/mol. The fraction of sp³-hybridized carbons (Fsp3) is 0.238. The topological polar surface area (TPSA) is 44.4 Å². The number of benzene rings is 2. The van der Waals surface area contributed by atoms with Crippen LogP contribution in [0.15, 0.2) is 36.4 Å². The van der Waals surface area contributed by atoms with Crippen LogP contribution < -0.4 is 15.5 Å². The molecule has 0 unspecified atom stereocenters. The molecule has 0 aliphatic carbocycles. The molecule has 1 heterocycles. The van der Waals surface area contributed by atoms with Crippen molar-refractivity contribution in [3.63, 3.8) is 0 Å². The second-order valence-electron chi connectivity index (χ2n) is 6.47. The fourth-order valence-electron chi connectivity index (χ4n) is 3.07. The number of hydrogen-bond acceptors (Lipinski definition) is 4. The van der Waals surface area contributed by atoms with E-state index < -0.39 is 0 Å². The molecule has 0 saturated heterocycles. The number of nitrogens with zero attached hydrogens (tertiary/aromatic N) is 1. The average molecular weight is 466 g/mol. The Morgan fingerprint density at radius 2 is 1.86 bits per heavy atom. The SMILES string of the molecule is CCN(CC)c1ccc(NC(=S)NC(=O)c2sc3cc(Cl)ccc3c2Cl)c(C)c1. The molecule has 2 aromatic carbocycles. The summed E-state index contributed by atoms with van der Waals surface area (Å²) in [6, 6.07) is 11.5. The quantitative estimate of drug-likeness (QED) is 0.422. The van der Waals surface area contributed by atoms with Gasteiger partial charge in [0, 0.05) is 39.6 Å². The van der Waals surface area contributed by atoms with Gasteiger partial charge in [0.05, 0.1) is 5.02 Å². The predicted octanol–water partition coefficient (Wildman–Crippen LogP) is 6.49. The first kappa shape index (κ1) is 21.8. The Morgan fingerprint density at radius 1 is 1.14 bits per heavy atom. The van der Waals surface area contributed by atoms with Gasteiger partial charge in [-0.3, -0.25) is 10.1 Å². The smallest absolute Gasteiger partial charge is 0.269 e. The molecule has 3 rings (SSSR count). The maximum Gasteiger partial charge on any atom is 0.269 e. The summed E-state index contributed by atoms with van der Waals surface area (Å²) < 4.78 is 0.856. The Hall–Kier alpha value is -1.86. The molecule has 29 heavy (non-hydrogen) atoms. The lowest BCUT2D eigenvalue weighted by Crippen LogP contribution is -2.34. The van der Waals surface area contributed by atoms with Gasteiger partial charge in [0.2, 0.25) is 0 Å². The second-order valence-corrected chi connectivity index (χ2v) is 8.74. The van der Waals surface area contributed by atoms with Gasteiger partial charge in [0.15, 0.2) is 5.11 Å². The standard InChI is InChI=1S/C21H21Cl2N3OS2/c1-4-26(5-2)14-7-9-16(12(3)10-14)24-21(28)25-20(27)19-18(23)15-8-6-13(22)11-17(15)29-19/h6-11H,4-5H2,1-3H3,(H2,24,25,27,28). The summed E-state index contributed by atoms with van der Waals surface area (Å²) in [7, 11) is 0. The van der Waals surface area contributed by atoms with E-state index in [1.54, 1.807) is 12.1 Å². The van der Waals surface area contributed by atoms with Gasteiger partial charge in [0.25, 0.3) is 5.91 Å². The summed E-state index contributed by atoms with van der Waals surface area (Å²) in [5.74, 6) is -0.345. The van der Waals surface area contributed by atoms with Crippen LogP contribution >= 0.6 is 46.8 Å². The van der Waals surface area contributed by atoms with E-state index >= 15 is 0 Å². The minimum Gasteiger partial charge on any atom is -0.372 e. The molecule has 1 amide bonds. The highest BCUT2D eigenvalue weighted by Crippen LogP contribution is 2.36. The van der Waals surface area contributed by atoms with E-state index in [4.69, 9.17) is 35.4 Å². The number of hydrogen-bond donors (Lipinski definition) is 2. The van der Waals surface area contributed by atoms with Crippen LogP contribution in [0.3, 0.4) is 0 Å². The Balaban J connectivity index is 1.72. The van der Waals surface area contributed by atoms with Crippen molar-refractivity contribution in [2.24, 2.45) is 0 Å². The molecule has 0 spiro atoms. The molecular weight excluding hydrogens is 445 g/mol. The zero-order valence-corrected chi connectivity index (χ0v) is 19.5. The highest BCUT2D eigenvalue weighted by Gasteiger charge is 2.18. The first-order valence-corrected chi connectivity index (χ1v) is 11.2. The van der Waals surface area contributed by atoms with Crippen LogP contribution in [0.4, 0.5) is 11.4 Å². The van der Waals surface area contributed by atoms with Crippen molar-refractivity contribution in [3.05, 3.63) is 56.9 Å². The molecule has 0 bridgehead atoms. The van der Waals surface area contributed by atoms with Crippen molar-refractivity contribution < 1.29 is 4.79 Å². The monoisotopic (exact) mass is 465 g/mol. The number of amides is 1. The van der Waals surface area contributed by atoms with Gasteiger partial charge in [-0.05, 0) is 68.9 Å². The number of carbonyl (C=O) groups is 1. The van der Waals surface area contributed by atoms with E-state index in [0.717, 1.165) is 40.1 Å². The van der Waals surface area contributed by atoms with Crippen LogP contribution in [-0.2, 0) is 0 Å². The maximum absolute atomic E-state index is 12.7. The van der Waals surface area contributed by atoms with Crippen LogP contribution in [-0.4, -0.2) is 24.1 Å². The molecule has 0 aliphatic heterocycles. The third-order valence-electron chi connectivity index (χ3n) is 4.61. The van der Waals surface area contributed by atoms with Gasteiger partial charge in [0.1, 0.15) is 4.88 Å². The van der Waals surface area contributed by atoms with Crippen molar-refractivity contribution in [1.82, 2.24) is 5.32 Å². The molecule has 0 saturated carbocycles. The number of fused-ring (bicyclic) bond motifs is 1. The summed E-state index contributed by atoms with van der Waals surface area (Å²) in [6.45, 7) is 8.15. The molecule has 0 fully saturated rings. The number of thiophene rings is 1. The number of halogens is 2. The van der Waals surface area contributed by atoms with Crippen LogP contribution in [0.25, 0.3) is 10.1 Å². The van der Waals surface area contributed by atoms with Crippen molar-refractivity contribution in [3.8, 4) is 0 Å². The first-order valence-electron chi connectivity index (χ1n) is 9.19. The van der Waals surface area contributed by atoms with E-state index in [0.29, 0.717) is 14.9 Å². The third kappa shape index (κ3) is 4.83. The normalized spacial score (nSPS) is 10.8. The molecule has 8 heteroatoms. The van der Waals surface area contributed by atoms with Crippen LogP contribution in [0.2, 0.25) is 10.0 Å². The Labute approximate surface area is 189 Å². The minimum absolute atomic E-state index is 0.222. The summed E-state index contributed by atoms with van der Waals surface area (Å²) >= 11 is 19.0. The first-order chi connectivity index (χ1) is 13.8. The average Bonchev–Trinajstić information content (AvgIpc) is 3.00. The van der Waals surface area contributed by atoms with E-state index in [2.05, 4.69) is 35.4 Å². The number of rotatable bonds is 5. The number of carbonyl (C=O) groups excluding carboxylic acids is 1. The van der Waals surface area contributed by atoms with E-state index in [1.807, 2.05) is 25.1 Å². The highest BCUT2D eigenvalue weighted by molar-refractivity contribution is 7.80. The van der Waals surface area contributed by atoms with Crippen LogP contribution in [0.5, 0.6) is 0 Å². The molecule has 0 radical (unpaired) electrons. The summed E-state index contributed by atoms with van der Waals surface area (Å²) in [5.41, 5.74) is 3.05. The number of thiocarbonyl (C=S) groups is 1. The molecule has 3 aromatic rings. The zero-order valence-electron chi connectivity index (χ0n) is 16.3. The molecule has 0 aliphatic rings. The third-order valence-corrected chi connectivity index (χ3v) is 6.71. The lowest BCUT2D eigenvalue weighted by molar-refractivity contribution is 0.0982. The Bertz CT molecular complexity index is 1080. The number of aryl methyl sites for hydroxylation is 1. The van der Waals surface area contributed by atoms with Crippen LogP contribution in [0.1, 0.15) is 29.1 Å². The van der Waals surface area contributed by atoms with Crippen molar-refractivity contribution in [1.29, 1.82) is 0 Å². The van der Waals surface area contributed by atoms with Gasteiger partial charge < -0.3 is 10.2 Å². The van der Waals surface area contributed by atoms with E-state index in [1.165, 1.54) is 11.3 Å². The Morgan fingerprint density at radius 3 is 2.52 bits per heavy atom. The van der Waals surface area contributed by atoms with Gasteiger partial charge in [-0.15, -0.1) is 11.3 Å². The Kier molecular flexibility index (Phi) is 7.01. The lowest BCUT2D eigenvalue weighted by Gasteiger charge is -2.22. The minimum atomic E-state index is -0.345. The van der Waals surface area contributed by atoms with E-state index in [9.17, 15) is 4.79 Å². The van der Waals surface area contributed by atoms with Crippen molar-refractivity contribution in [2.75, 3.05) is 23.3 Å². The molecule has 1 aromatic heterocycles. The fourth-order valence-corrected chi connectivity index (χ4v) is 4.96. The summed E-state index contributed by atoms with van der Waals surface area (Å²) in [5, 5.41) is 7.83. The van der Waals surface area contributed by atoms with Gasteiger partial charge in [-0.2, -0.15) is 0 Å². The number of nitrogens with one attached hydrogen (secondary N) is 2. The van der Waals surface area contributed by atoms with E-state index in [-0.39, 0.29) is 11.0 Å². The van der Waals surface area contributed by atoms with Crippen molar-refractivity contribution >= 4 is 79.2 Å². The van der Waals surface area contributed by atoms with Gasteiger partial charge in [-0.1, -0.05) is 29.3 Å². The molecule has 0 atom stereocenters. The summed E-state index contributed by atoms with van der Waals surface area (Å²) in [4.78, 5) is 15.3. The molecule has 4 nitrogen and oxygen atoms in total. The number of anilines is 2. The largest absolute Gasteiger partial charge is 0.372 e. The molecular formula is C21H21Cl2N3OS2. The summed E-state index contributed by atoms with van der Waals surface area (Å²) in [6.07, 6.45) is 0. The molecule has 152 valence electrons. The van der Waals surface area contributed by atoms with Crippen molar-refractivity contribution in [2.45, 2.75) is 20.8 Å². The second kappa shape index (κ2) is 9.30. The molecule has 2 N–H and O–H groups in total.